The number of nitrogens with one attached hydrogen (secondary N) is 2. The Morgan fingerprint density at radius 3 is 2.74 bits per heavy atom. The highest BCUT2D eigenvalue weighted by Gasteiger charge is 2.24. The maximum absolute atomic E-state index is 14.1. The lowest BCUT2D eigenvalue weighted by molar-refractivity contribution is -0.128. The summed E-state index contributed by atoms with van der Waals surface area (Å²) < 4.78 is 19.1. The van der Waals surface area contributed by atoms with Crippen LogP contribution in [0.1, 0.15) is 0 Å². The SMILES string of the molecule is CN[C@H](C(N)=O)C(=O)Nc1ccc(N2CCOCC2=O)cc1F. The summed E-state index contributed by atoms with van der Waals surface area (Å²) in [5.41, 5.74) is 5.32. The fraction of sp³-hybridized carbons (Fsp3) is 0.357. The number of amides is 3. The Morgan fingerprint density at radius 1 is 1.43 bits per heavy atom. The predicted molar refractivity (Wildman–Crippen MR) is 80.2 cm³/mol. The number of halogens is 1. The number of primary amides is 1. The molecule has 0 unspecified atom stereocenters. The lowest BCUT2D eigenvalue weighted by Gasteiger charge is -2.27. The average Bonchev–Trinajstić information content (AvgIpc) is 2.50. The van der Waals surface area contributed by atoms with Crippen molar-refractivity contribution in [2.45, 2.75) is 6.04 Å². The van der Waals surface area contributed by atoms with Gasteiger partial charge in [-0.1, -0.05) is 0 Å². The van der Waals surface area contributed by atoms with Crippen molar-refractivity contribution in [3.63, 3.8) is 0 Å². The molecule has 1 aliphatic heterocycles. The minimum absolute atomic E-state index is 0.0530. The zero-order valence-corrected chi connectivity index (χ0v) is 12.5. The molecule has 1 fully saturated rings. The number of anilines is 2. The minimum atomic E-state index is -1.27. The number of ether oxygens (including phenoxy) is 1. The molecule has 1 atom stereocenters. The van der Waals surface area contributed by atoms with Crippen LogP contribution < -0.4 is 21.3 Å². The van der Waals surface area contributed by atoms with Gasteiger partial charge in [-0.3, -0.25) is 14.4 Å². The van der Waals surface area contributed by atoms with Crippen LogP contribution in [0.5, 0.6) is 0 Å². The van der Waals surface area contributed by atoms with Crippen molar-refractivity contribution in [2.24, 2.45) is 5.73 Å². The summed E-state index contributed by atoms with van der Waals surface area (Å²) in [5, 5.41) is 4.71. The molecule has 124 valence electrons. The van der Waals surface area contributed by atoms with Crippen molar-refractivity contribution in [3.8, 4) is 0 Å². The molecule has 0 bridgehead atoms. The van der Waals surface area contributed by atoms with E-state index in [-0.39, 0.29) is 18.2 Å². The third-order valence-electron chi connectivity index (χ3n) is 3.34. The van der Waals surface area contributed by atoms with Gasteiger partial charge in [0.15, 0.2) is 6.04 Å². The molecule has 0 aromatic heterocycles. The average molecular weight is 324 g/mol. The first-order chi connectivity index (χ1) is 10.9. The maximum atomic E-state index is 14.1. The van der Waals surface area contributed by atoms with Crippen LogP contribution in [0.3, 0.4) is 0 Å². The van der Waals surface area contributed by atoms with E-state index in [2.05, 4.69) is 10.6 Å². The minimum Gasteiger partial charge on any atom is -0.370 e. The number of rotatable bonds is 5. The first-order valence-corrected chi connectivity index (χ1v) is 6.89. The van der Waals surface area contributed by atoms with Gasteiger partial charge >= 0.3 is 0 Å². The van der Waals surface area contributed by atoms with Gasteiger partial charge in [-0.05, 0) is 25.2 Å². The van der Waals surface area contributed by atoms with Crippen LogP contribution in [0.15, 0.2) is 18.2 Å². The van der Waals surface area contributed by atoms with Crippen molar-refractivity contribution < 1.29 is 23.5 Å². The zero-order chi connectivity index (χ0) is 17.0. The smallest absolute Gasteiger partial charge is 0.253 e. The quantitative estimate of drug-likeness (QED) is 0.614. The lowest BCUT2D eigenvalue weighted by atomic mass is 10.2. The molecule has 1 heterocycles. The molecule has 3 amide bonds. The standard InChI is InChI=1S/C14H17FN4O4/c1-17-12(13(16)21)14(22)18-10-3-2-8(6-9(10)15)19-4-5-23-7-11(19)20/h2-3,6,12,17H,4-5,7H2,1H3,(H2,16,21)(H,18,22)/t12-/m1/s1. The van der Waals surface area contributed by atoms with E-state index in [9.17, 15) is 18.8 Å². The maximum Gasteiger partial charge on any atom is 0.253 e. The first kappa shape index (κ1) is 16.8. The van der Waals surface area contributed by atoms with Gasteiger partial charge in [-0.2, -0.15) is 0 Å². The van der Waals surface area contributed by atoms with Crippen LogP contribution in [0.2, 0.25) is 0 Å². The van der Waals surface area contributed by atoms with E-state index < -0.39 is 23.7 Å². The van der Waals surface area contributed by atoms with E-state index in [4.69, 9.17) is 10.5 Å². The summed E-state index contributed by atoms with van der Waals surface area (Å²) in [6, 6.07) is 2.69. The van der Waals surface area contributed by atoms with Gasteiger partial charge in [-0.15, -0.1) is 0 Å². The van der Waals surface area contributed by atoms with Crippen molar-refractivity contribution in [3.05, 3.63) is 24.0 Å². The second kappa shape index (κ2) is 7.16. The number of benzene rings is 1. The molecule has 2 rings (SSSR count). The third-order valence-corrected chi connectivity index (χ3v) is 3.34. The molecular weight excluding hydrogens is 307 g/mol. The molecule has 4 N–H and O–H groups in total. The Balaban J connectivity index is 2.14. The number of likely N-dealkylation sites (N-methyl/N-ethyl adjacent to an activating group) is 1. The van der Waals surface area contributed by atoms with Gasteiger partial charge in [0.2, 0.25) is 5.91 Å². The van der Waals surface area contributed by atoms with Crippen LogP contribution in [0, 0.1) is 5.82 Å². The number of carbonyl (C=O) groups is 3. The molecule has 8 nitrogen and oxygen atoms in total. The second-order valence-corrected chi connectivity index (χ2v) is 4.88. The molecule has 1 aromatic carbocycles. The summed E-state index contributed by atoms with van der Waals surface area (Å²) in [6.07, 6.45) is 0. The van der Waals surface area contributed by atoms with Crippen LogP contribution in [-0.2, 0) is 19.1 Å². The molecule has 23 heavy (non-hydrogen) atoms. The van der Waals surface area contributed by atoms with Gasteiger partial charge in [0.05, 0.1) is 12.3 Å². The Hall–Kier alpha value is -2.52. The highest BCUT2D eigenvalue weighted by Crippen LogP contribution is 2.23. The normalized spacial score (nSPS) is 16.1. The molecule has 1 saturated heterocycles. The summed E-state index contributed by atoms with van der Waals surface area (Å²) >= 11 is 0. The highest BCUT2D eigenvalue weighted by molar-refractivity contribution is 6.09. The van der Waals surface area contributed by atoms with E-state index in [1.165, 1.54) is 24.1 Å². The van der Waals surface area contributed by atoms with Crippen molar-refractivity contribution in [1.29, 1.82) is 0 Å². The summed E-state index contributed by atoms with van der Waals surface area (Å²) in [4.78, 5) is 36.1. The fourth-order valence-corrected chi connectivity index (χ4v) is 2.17. The van der Waals surface area contributed by atoms with Crippen molar-refractivity contribution in [2.75, 3.05) is 37.0 Å². The monoisotopic (exact) mass is 324 g/mol. The molecule has 0 spiro atoms. The molecule has 1 aromatic rings. The largest absolute Gasteiger partial charge is 0.370 e. The number of hydrogen-bond donors (Lipinski definition) is 3. The van der Waals surface area contributed by atoms with E-state index in [1.54, 1.807) is 0 Å². The number of nitrogens with zero attached hydrogens (tertiary/aromatic N) is 1. The molecule has 9 heteroatoms. The van der Waals surface area contributed by atoms with E-state index in [0.29, 0.717) is 18.8 Å². The fourth-order valence-electron chi connectivity index (χ4n) is 2.17. The number of carbonyl (C=O) groups excluding carboxylic acids is 3. The van der Waals surface area contributed by atoms with Crippen LogP contribution in [-0.4, -0.2) is 50.6 Å². The van der Waals surface area contributed by atoms with Gasteiger partial charge in [0.25, 0.3) is 11.8 Å². The summed E-state index contributed by atoms with van der Waals surface area (Å²) in [7, 11) is 1.39. The van der Waals surface area contributed by atoms with Crippen LogP contribution >= 0.6 is 0 Å². The predicted octanol–water partition coefficient (Wildman–Crippen LogP) is -0.799. The summed E-state index contributed by atoms with van der Waals surface area (Å²) in [6.45, 7) is 0.643. The number of morpholine rings is 1. The van der Waals surface area contributed by atoms with E-state index in [1.807, 2.05) is 0 Å². The Morgan fingerprint density at radius 2 is 2.17 bits per heavy atom. The van der Waals surface area contributed by atoms with Gasteiger partial charge < -0.3 is 26.0 Å². The molecule has 0 aliphatic carbocycles. The number of hydrogen-bond acceptors (Lipinski definition) is 5. The van der Waals surface area contributed by atoms with Gasteiger partial charge in [0.1, 0.15) is 12.4 Å². The third kappa shape index (κ3) is 3.82. The molecule has 1 aliphatic rings. The van der Waals surface area contributed by atoms with Gasteiger partial charge in [0, 0.05) is 12.2 Å². The van der Waals surface area contributed by atoms with Crippen LogP contribution in [0.25, 0.3) is 0 Å². The molecule has 0 radical (unpaired) electrons. The summed E-state index contributed by atoms with van der Waals surface area (Å²) in [5.74, 6) is -2.64. The Labute approximate surface area is 131 Å². The van der Waals surface area contributed by atoms with Crippen LogP contribution in [0.4, 0.5) is 15.8 Å². The van der Waals surface area contributed by atoms with Crippen molar-refractivity contribution in [1.82, 2.24) is 5.32 Å². The van der Waals surface area contributed by atoms with E-state index in [0.717, 1.165) is 6.07 Å². The topological polar surface area (TPSA) is 114 Å². The first-order valence-electron chi connectivity index (χ1n) is 6.89. The second-order valence-electron chi connectivity index (χ2n) is 4.88. The molecule has 0 saturated carbocycles. The lowest BCUT2D eigenvalue weighted by Crippen LogP contribution is -2.48. The van der Waals surface area contributed by atoms with Gasteiger partial charge in [-0.25, -0.2) is 4.39 Å². The Kier molecular flexibility index (Phi) is 5.24. The molecular formula is C14H17FN4O4. The Bertz CT molecular complexity index is 637. The zero-order valence-electron chi connectivity index (χ0n) is 12.5. The van der Waals surface area contributed by atoms with Crippen molar-refractivity contribution >= 4 is 29.1 Å². The highest BCUT2D eigenvalue weighted by atomic mass is 19.1. The number of nitrogens with two attached hydrogens (primary N) is 1. The van der Waals surface area contributed by atoms with E-state index >= 15 is 0 Å².